The van der Waals surface area contributed by atoms with Gasteiger partial charge in [-0.25, -0.2) is 0 Å². The van der Waals surface area contributed by atoms with Gasteiger partial charge in [-0.05, 0) is 31.0 Å². The zero-order valence-electron chi connectivity index (χ0n) is 16.1. The second-order valence-corrected chi connectivity index (χ2v) is 8.85. The molecule has 1 N–H and O–H groups in total. The van der Waals surface area contributed by atoms with Gasteiger partial charge in [-0.1, -0.05) is 49.1 Å². The lowest BCUT2D eigenvalue weighted by atomic mass is 9.93. The van der Waals surface area contributed by atoms with Crippen LogP contribution >= 0.6 is 23.2 Å². The maximum atomic E-state index is 12.8. The largest absolute Gasteiger partial charge is 0.359 e. The van der Waals surface area contributed by atoms with Gasteiger partial charge in [-0.2, -0.15) is 0 Å². The number of amides is 2. The number of rotatable bonds is 3. The molecule has 2 aromatic rings. The smallest absolute Gasteiger partial charge is 0.253 e. The number of nitrogens with zero attached hydrogens (tertiary/aromatic N) is 2. The first kappa shape index (κ1) is 20.7. The average Bonchev–Trinajstić information content (AvgIpc) is 3.12. The van der Waals surface area contributed by atoms with E-state index >= 15 is 0 Å². The lowest BCUT2D eigenvalue weighted by Gasteiger charge is -2.32. The van der Waals surface area contributed by atoms with Crippen molar-refractivity contribution in [2.45, 2.75) is 39.0 Å². The van der Waals surface area contributed by atoms with Crippen molar-refractivity contribution >= 4 is 40.8 Å². The molecule has 1 aromatic heterocycles. The van der Waals surface area contributed by atoms with E-state index in [1.165, 1.54) is 0 Å². The number of nitrogens with one attached hydrogen (secondary N) is 1. The maximum Gasteiger partial charge on any atom is 0.253 e. The van der Waals surface area contributed by atoms with Crippen LogP contribution in [0.2, 0.25) is 10.0 Å². The standard InChI is InChI=1S/C20H23Cl2N3O3/c1-20(2,3)16-10-17(24-28-16)23-18(26)13-5-4-8-25(11-13)19(27)12-6-7-14(21)15(22)9-12/h6-7,9-10,13H,4-5,8,11H2,1-3H3,(H,23,24,26). The number of carbonyl (C=O) groups is 2. The molecule has 1 saturated heterocycles. The molecule has 1 fully saturated rings. The SMILES string of the molecule is CC(C)(C)c1cc(NC(=O)C2CCCN(C(=O)c3ccc(Cl)c(Cl)c3)C2)no1. The Bertz CT molecular complexity index is 889. The Kier molecular flexibility index (Phi) is 6.01. The molecule has 2 amide bonds. The second-order valence-electron chi connectivity index (χ2n) is 8.03. The summed E-state index contributed by atoms with van der Waals surface area (Å²) in [7, 11) is 0. The van der Waals surface area contributed by atoms with Crippen molar-refractivity contribution < 1.29 is 14.1 Å². The van der Waals surface area contributed by atoms with Crippen molar-refractivity contribution in [3.05, 3.63) is 45.6 Å². The van der Waals surface area contributed by atoms with Crippen molar-refractivity contribution in [1.82, 2.24) is 10.1 Å². The summed E-state index contributed by atoms with van der Waals surface area (Å²) in [4.78, 5) is 27.1. The number of carbonyl (C=O) groups excluding carboxylic acids is 2. The van der Waals surface area contributed by atoms with E-state index in [1.807, 2.05) is 20.8 Å². The Morgan fingerprint density at radius 3 is 2.61 bits per heavy atom. The highest BCUT2D eigenvalue weighted by atomic mass is 35.5. The molecule has 0 radical (unpaired) electrons. The Labute approximate surface area is 174 Å². The molecule has 6 nitrogen and oxygen atoms in total. The lowest BCUT2D eigenvalue weighted by molar-refractivity contribution is -0.121. The van der Waals surface area contributed by atoms with E-state index in [2.05, 4.69) is 10.5 Å². The summed E-state index contributed by atoms with van der Waals surface area (Å²) < 4.78 is 5.30. The van der Waals surface area contributed by atoms with Gasteiger partial charge >= 0.3 is 0 Å². The summed E-state index contributed by atoms with van der Waals surface area (Å²) >= 11 is 11.9. The first-order chi connectivity index (χ1) is 13.1. The number of halogens is 2. The molecule has 2 heterocycles. The normalized spacial score (nSPS) is 17.5. The fourth-order valence-electron chi connectivity index (χ4n) is 3.10. The molecule has 28 heavy (non-hydrogen) atoms. The van der Waals surface area contributed by atoms with E-state index in [4.69, 9.17) is 27.7 Å². The molecule has 0 spiro atoms. The van der Waals surface area contributed by atoms with Gasteiger partial charge in [-0.15, -0.1) is 0 Å². The summed E-state index contributed by atoms with van der Waals surface area (Å²) in [6, 6.07) is 6.53. The number of hydrogen-bond donors (Lipinski definition) is 1. The Morgan fingerprint density at radius 2 is 1.96 bits per heavy atom. The van der Waals surface area contributed by atoms with Crippen LogP contribution in [0, 0.1) is 5.92 Å². The second kappa shape index (κ2) is 8.13. The van der Waals surface area contributed by atoms with Gasteiger partial charge in [0.25, 0.3) is 5.91 Å². The van der Waals surface area contributed by atoms with E-state index < -0.39 is 0 Å². The number of anilines is 1. The molecule has 0 saturated carbocycles. The monoisotopic (exact) mass is 423 g/mol. The van der Waals surface area contributed by atoms with Gasteiger partial charge in [0.15, 0.2) is 5.82 Å². The zero-order chi connectivity index (χ0) is 20.5. The molecule has 1 atom stereocenters. The highest BCUT2D eigenvalue weighted by Crippen LogP contribution is 2.27. The van der Waals surface area contributed by atoms with E-state index in [1.54, 1.807) is 29.2 Å². The fourth-order valence-corrected chi connectivity index (χ4v) is 3.40. The van der Waals surface area contributed by atoms with Crippen molar-refractivity contribution in [2.24, 2.45) is 5.92 Å². The summed E-state index contributed by atoms with van der Waals surface area (Å²) in [6.45, 7) is 6.96. The fraction of sp³-hybridized carbons (Fsp3) is 0.450. The first-order valence-corrected chi connectivity index (χ1v) is 9.93. The molecule has 1 aliphatic rings. The molecular formula is C20H23Cl2N3O3. The van der Waals surface area contributed by atoms with Gasteiger partial charge in [0, 0.05) is 30.1 Å². The molecule has 1 unspecified atom stereocenters. The van der Waals surface area contributed by atoms with Gasteiger partial charge in [-0.3, -0.25) is 9.59 Å². The number of likely N-dealkylation sites (tertiary alicyclic amines) is 1. The Balaban J connectivity index is 1.65. The van der Waals surface area contributed by atoms with Gasteiger partial charge in [0.1, 0.15) is 5.76 Å². The Morgan fingerprint density at radius 1 is 1.21 bits per heavy atom. The third-order valence-electron chi connectivity index (χ3n) is 4.75. The number of piperidine rings is 1. The first-order valence-electron chi connectivity index (χ1n) is 9.17. The van der Waals surface area contributed by atoms with Gasteiger partial charge in [0.2, 0.25) is 5.91 Å². The van der Waals surface area contributed by atoms with Crippen molar-refractivity contribution in [2.75, 3.05) is 18.4 Å². The molecule has 0 aliphatic carbocycles. The predicted octanol–water partition coefficient (Wildman–Crippen LogP) is 4.77. The van der Waals surface area contributed by atoms with Crippen LogP contribution in [0.3, 0.4) is 0 Å². The minimum atomic E-state index is -0.310. The average molecular weight is 424 g/mol. The molecule has 0 bridgehead atoms. The topological polar surface area (TPSA) is 75.4 Å². The van der Waals surface area contributed by atoms with Crippen LogP contribution in [0.4, 0.5) is 5.82 Å². The van der Waals surface area contributed by atoms with Gasteiger partial charge < -0.3 is 14.7 Å². The maximum absolute atomic E-state index is 12.8. The highest BCUT2D eigenvalue weighted by Gasteiger charge is 2.30. The number of benzene rings is 1. The van der Waals surface area contributed by atoms with E-state index in [-0.39, 0.29) is 23.1 Å². The van der Waals surface area contributed by atoms with E-state index in [9.17, 15) is 9.59 Å². The van der Waals surface area contributed by atoms with E-state index in [0.717, 1.165) is 6.42 Å². The summed E-state index contributed by atoms with van der Waals surface area (Å²) in [5.41, 5.74) is 0.269. The van der Waals surface area contributed by atoms with Crippen LogP contribution in [0.1, 0.15) is 49.7 Å². The van der Waals surface area contributed by atoms with Crippen LogP contribution in [-0.2, 0) is 10.2 Å². The third-order valence-corrected chi connectivity index (χ3v) is 5.49. The summed E-state index contributed by atoms with van der Waals surface area (Å²) in [5.74, 6) is 0.453. The Hall–Kier alpha value is -2.05. The van der Waals surface area contributed by atoms with Crippen LogP contribution in [-0.4, -0.2) is 35.0 Å². The molecule has 8 heteroatoms. The van der Waals surface area contributed by atoms with Crippen molar-refractivity contribution in [3.63, 3.8) is 0 Å². The van der Waals surface area contributed by atoms with Crippen LogP contribution in [0.15, 0.2) is 28.8 Å². The minimum absolute atomic E-state index is 0.160. The summed E-state index contributed by atoms with van der Waals surface area (Å²) in [6.07, 6.45) is 1.46. The van der Waals surface area contributed by atoms with Crippen LogP contribution in [0.5, 0.6) is 0 Å². The quantitative estimate of drug-likeness (QED) is 0.770. The van der Waals surface area contributed by atoms with Crippen molar-refractivity contribution in [1.29, 1.82) is 0 Å². The lowest BCUT2D eigenvalue weighted by Crippen LogP contribution is -2.43. The molecule has 1 aliphatic heterocycles. The molecule has 1 aromatic carbocycles. The molecule has 150 valence electrons. The minimum Gasteiger partial charge on any atom is -0.359 e. The number of aromatic nitrogens is 1. The van der Waals surface area contributed by atoms with Crippen LogP contribution < -0.4 is 5.32 Å². The van der Waals surface area contributed by atoms with Crippen molar-refractivity contribution in [3.8, 4) is 0 Å². The van der Waals surface area contributed by atoms with Crippen LogP contribution in [0.25, 0.3) is 0 Å². The third kappa shape index (κ3) is 4.67. The molecule has 3 rings (SSSR count). The zero-order valence-corrected chi connectivity index (χ0v) is 17.6. The molecular weight excluding hydrogens is 401 g/mol. The summed E-state index contributed by atoms with van der Waals surface area (Å²) in [5, 5.41) is 7.45. The highest BCUT2D eigenvalue weighted by molar-refractivity contribution is 6.42. The van der Waals surface area contributed by atoms with E-state index in [0.29, 0.717) is 46.7 Å². The number of hydrogen-bond acceptors (Lipinski definition) is 4. The predicted molar refractivity (Wildman–Crippen MR) is 109 cm³/mol. The van der Waals surface area contributed by atoms with Gasteiger partial charge in [0.05, 0.1) is 16.0 Å².